The number of aromatic amines is 1. The summed E-state index contributed by atoms with van der Waals surface area (Å²) in [7, 11) is 0. The highest BCUT2D eigenvalue weighted by Crippen LogP contribution is 2.34. The van der Waals surface area contributed by atoms with Crippen molar-refractivity contribution < 1.29 is 28.0 Å². The van der Waals surface area contributed by atoms with E-state index in [4.69, 9.17) is 58.0 Å². The molecular formula is C63H47Cl5F2N18O4. The Morgan fingerprint density at radius 2 is 0.891 bits per heavy atom. The fraction of sp³-hybridized carbons (Fsp3) is 0.127. The van der Waals surface area contributed by atoms with Gasteiger partial charge >= 0.3 is 0 Å². The lowest BCUT2D eigenvalue weighted by Gasteiger charge is -2.30. The first-order chi connectivity index (χ1) is 44.6. The third-order valence-corrected chi connectivity index (χ3v) is 16.1. The smallest absolute Gasteiger partial charge is 0.276 e. The summed E-state index contributed by atoms with van der Waals surface area (Å²) in [6, 6.07) is 35.4. The van der Waals surface area contributed by atoms with E-state index in [1.165, 1.54) is 45.7 Å². The monoisotopic (exact) mass is 1330 g/mol. The molecule has 0 saturated carbocycles. The van der Waals surface area contributed by atoms with Crippen molar-refractivity contribution in [2.75, 3.05) is 38.0 Å². The Morgan fingerprint density at radius 1 is 0.478 bits per heavy atom. The number of H-pyrrole nitrogens is 1. The number of aromatic nitrogens is 14. The molecule has 15 rings (SSSR count). The van der Waals surface area contributed by atoms with Gasteiger partial charge in [-0.15, -0.1) is 0 Å². The van der Waals surface area contributed by atoms with Crippen LogP contribution in [0.3, 0.4) is 0 Å². The number of fused-ring (bicyclic) bond motifs is 4. The summed E-state index contributed by atoms with van der Waals surface area (Å²) >= 11 is 29.7. The Bertz CT molecular complexity index is 4950. The molecule has 2 saturated heterocycles. The largest absolute Gasteiger partial charge is 0.351 e. The first kappa shape index (κ1) is 62.0. The number of nitrogens with zero attached hydrogens (tertiary/aromatic N) is 15. The number of halogens is 7. The Morgan fingerprint density at radius 3 is 1.28 bits per heavy atom. The molecule has 13 aromatic rings. The van der Waals surface area contributed by atoms with E-state index < -0.39 is 17.5 Å². The normalized spacial score (nSPS) is 12.5. The lowest BCUT2D eigenvalue weighted by molar-refractivity contribution is 0.0640. The van der Waals surface area contributed by atoms with Crippen LogP contribution in [-0.2, 0) is 0 Å². The average molecular weight is 1340 g/mol. The van der Waals surface area contributed by atoms with E-state index in [2.05, 4.69) is 61.2 Å². The number of hydrogen-bond donors (Lipinski definition) is 3. The molecule has 0 bridgehead atoms. The predicted molar refractivity (Wildman–Crippen MR) is 344 cm³/mol. The number of benzene rings is 4. The van der Waals surface area contributed by atoms with Crippen LogP contribution in [0.4, 0.5) is 14.5 Å². The minimum Gasteiger partial charge on any atom is -0.351 e. The molecule has 29 heteroatoms. The summed E-state index contributed by atoms with van der Waals surface area (Å²) in [6.45, 7) is 5.38. The molecule has 3 N–H and O–H groups in total. The maximum Gasteiger partial charge on any atom is 0.276 e. The first-order valence-corrected chi connectivity index (χ1v) is 30.2. The average Bonchev–Trinajstić information content (AvgIpc) is 1.64. The van der Waals surface area contributed by atoms with Gasteiger partial charge in [0.15, 0.2) is 45.4 Å². The minimum absolute atomic E-state index is 0.00470. The van der Waals surface area contributed by atoms with Gasteiger partial charge in [-0.05, 0) is 117 Å². The summed E-state index contributed by atoms with van der Waals surface area (Å²) in [5.41, 5.74) is 8.50. The van der Waals surface area contributed by atoms with Crippen LogP contribution in [0.2, 0.25) is 25.1 Å². The number of hydrogen-bond acceptors (Lipinski definition) is 13. The molecule has 92 heavy (non-hydrogen) atoms. The van der Waals surface area contributed by atoms with Crippen LogP contribution < -0.4 is 10.6 Å². The number of amides is 4. The lowest BCUT2D eigenvalue weighted by atomic mass is 10.1. The van der Waals surface area contributed by atoms with Crippen LogP contribution >= 0.6 is 58.0 Å². The molecular weight excluding hydrogens is 1290 g/mol. The van der Waals surface area contributed by atoms with Crippen molar-refractivity contribution in [1.29, 1.82) is 0 Å². The van der Waals surface area contributed by atoms with Crippen molar-refractivity contribution in [1.82, 2.24) is 83.7 Å². The van der Waals surface area contributed by atoms with Crippen molar-refractivity contribution in [2.45, 2.75) is 19.8 Å². The first-order valence-electron chi connectivity index (χ1n) is 28.3. The van der Waals surface area contributed by atoms with E-state index in [9.17, 15) is 28.0 Å². The van der Waals surface area contributed by atoms with Gasteiger partial charge in [-0.25, -0.2) is 46.8 Å². The predicted octanol–water partition coefficient (Wildman–Crippen LogP) is 12.5. The van der Waals surface area contributed by atoms with Crippen LogP contribution in [0.25, 0.3) is 67.6 Å². The number of likely N-dealkylation sites (tertiary alicyclic amines) is 2. The summed E-state index contributed by atoms with van der Waals surface area (Å²) in [5, 5.41) is 30.3. The molecule has 11 heterocycles. The summed E-state index contributed by atoms with van der Waals surface area (Å²) < 4.78 is 34.0. The quantitative estimate of drug-likeness (QED) is 0.115. The van der Waals surface area contributed by atoms with Gasteiger partial charge in [-0.1, -0.05) is 88.3 Å². The van der Waals surface area contributed by atoms with Gasteiger partial charge in [0, 0.05) is 91.0 Å². The van der Waals surface area contributed by atoms with E-state index in [0.29, 0.717) is 95.2 Å². The number of rotatable bonds is 10. The Kier molecular flexibility index (Phi) is 18.2. The fourth-order valence-corrected chi connectivity index (χ4v) is 10.6. The zero-order valence-corrected chi connectivity index (χ0v) is 51.8. The van der Waals surface area contributed by atoms with E-state index in [1.54, 1.807) is 104 Å². The summed E-state index contributed by atoms with van der Waals surface area (Å²) in [4.78, 5) is 71.4. The minimum atomic E-state index is -0.591. The van der Waals surface area contributed by atoms with Crippen LogP contribution in [0, 0.1) is 11.6 Å². The van der Waals surface area contributed by atoms with Crippen molar-refractivity contribution in [3.8, 4) is 45.0 Å². The lowest BCUT2D eigenvalue weighted by Crippen LogP contribution is -2.42. The number of carbonyl (C=O) groups excluding carboxylic acids is 4. The SMILES string of the molecule is CCNC(=O)c1nc2cccnn2c1-c1ccc(Cl)c(F)c1.O=C(Nc1cn[nH]c1)c1nc2cccnn2c1-c1ccc(Cl)c(F)c1.O=C(c1nc2cccnn2c1-c1ccc(Cl)c(Cl)c1)N1CCC1.O=C(c1nc2cccnn2c1-c1cccc(Cl)c1)N1CCC1. The Hall–Kier alpha value is -10.2. The molecule has 4 amide bonds. The number of carbonyl (C=O) groups is 4. The number of imidazole rings is 4. The van der Waals surface area contributed by atoms with Crippen LogP contribution in [0.5, 0.6) is 0 Å². The summed E-state index contributed by atoms with van der Waals surface area (Å²) in [5.74, 6) is -2.08. The fourth-order valence-electron chi connectivity index (χ4n) is 9.86. The maximum absolute atomic E-state index is 13.9. The van der Waals surface area contributed by atoms with E-state index in [-0.39, 0.29) is 39.2 Å². The number of anilines is 1. The van der Waals surface area contributed by atoms with Gasteiger partial charge in [0.05, 0.1) is 32.0 Å². The molecule has 22 nitrogen and oxygen atoms in total. The van der Waals surface area contributed by atoms with Gasteiger partial charge in [-0.3, -0.25) is 24.3 Å². The Balaban J connectivity index is 0.000000118. The second-order valence-corrected chi connectivity index (χ2v) is 22.5. The van der Waals surface area contributed by atoms with E-state index in [1.807, 2.05) is 49.4 Å². The second-order valence-electron chi connectivity index (χ2n) is 20.4. The standard InChI is InChI=1S/C16H12Cl2N4O.C16H10ClFN6O.C16H13ClN4O.C15H12ClFN4O/c17-11-5-4-10(9-12(11)18)15-14(16(23)21-7-2-8-21)20-13-3-1-6-19-22(13)15;17-11-4-3-9(6-12(11)18)15-14(16(25)22-10-7-19-20-8-10)23-13-2-1-5-21-24(13)15;17-12-5-1-4-11(10-12)15-14(16(22)20-8-3-9-20)19-13-6-2-7-18-21(13)15;1-2-18-15(22)13-14(9-5-6-10(16)11(17)8-9)21-12(20-13)4-3-7-19-21/h1,3-6,9H,2,7-8H2;1-8H,(H,19,20)(H,22,25);1-2,4-7,10H,3,8-9H2;3-8H,2H2,1H3,(H,18,22). The molecule has 0 atom stereocenters. The highest BCUT2D eigenvalue weighted by atomic mass is 35.5. The van der Waals surface area contributed by atoms with Gasteiger partial charge in [0.2, 0.25) is 0 Å². The van der Waals surface area contributed by atoms with Gasteiger partial charge in [-0.2, -0.15) is 25.5 Å². The zero-order chi connectivity index (χ0) is 64.2. The molecule has 4 aromatic carbocycles. The zero-order valence-electron chi connectivity index (χ0n) is 48.0. The third-order valence-electron chi connectivity index (χ3n) is 14.5. The topological polar surface area (TPSA) is 248 Å². The van der Waals surface area contributed by atoms with Crippen LogP contribution in [0.1, 0.15) is 61.7 Å². The summed E-state index contributed by atoms with van der Waals surface area (Å²) in [6.07, 6.45) is 11.5. The highest BCUT2D eigenvalue weighted by Gasteiger charge is 2.31. The molecule has 2 aliphatic rings. The molecule has 2 aliphatic heterocycles. The number of nitrogens with one attached hydrogen (secondary N) is 3. The molecule has 2 fully saturated rings. The van der Waals surface area contributed by atoms with Crippen molar-refractivity contribution in [3.05, 3.63) is 224 Å². The maximum atomic E-state index is 13.9. The Labute approximate surface area is 545 Å². The highest BCUT2D eigenvalue weighted by molar-refractivity contribution is 6.42. The molecule has 9 aromatic heterocycles. The second kappa shape index (κ2) is 27.1. The molecule has 462 valence electrons. The van der Waals surface area contributed by atoms with Gasteiger partial charge < -0.3 is 20.4 Å². The molecule has 0 radical (unpaired) electrons. The van der Waals surface area contributed by atoms with Gasteiger partial charge in [0.1, 0.15) is 34.4 Å². The van der Waals surface area contributed by atoms with E-state index in [0.717, 1.165) is 50.1 Å². The van der Waals surface area contributed by atoms with Crippen molar-refractivity contribution in [2.24, 2.45) is 0 Å². The molecule has 0 spiro atoms. The van der Waals surface area contributed by atoms with E-state index >= 15 is 0 Å². The molecule has 0 unspecified atom stereocenters. The van der Waals surface area contributed by atoms with Crippen molar-refractivity contribution >= 4 is 110 Å². The van der Waals surface area contributed by atoms with Crippen molar-refractivity contribution in [3.63, 3.8) is 0 Å². The molecule has 0 aliphatic carbocycles. The van der Waals surface area contributed by atoms with Crippen LogP contribution in [0.15, 0.2) is 165 Å². The van der Waals surface area contributed by atoms with Crippen LogP contribution in [-0.4, -0.2) is 135 Å². The third kappa shape index (κ3) is 12.8. The van der Waals surface area contributed by atoms with Gasteiger partial charge in [0.25, 0.3) is 23.6 Å².